The average molecular weight is 307 g/mol. The number of benzene rings is 1. The van der Waals surface area contributed by atoms with Crippen LogP contribution < -0.4 is 5.32 Å². The van der Waals surface area contributed by atoms with E-state index in [1.54, 1.807) is 0 Å². The highest BCUT2D eigenvalue weighted by molar-refractivity contribution is 7.99. The number of hydrogen-bond acceptors (Lipinski definition) is 3. The maximum Gasteiger partial charge on any atom is 0.323 e. The van der Waals surface area contributed by atoms with Crippen molar-refractivity contribution in [1.82, 2.24) is 5.32 Å². The van der Waals surface area contributed by atoms with Gasteiger partial charge in [0.05, 0.1) is 0 Å². The lowest BCUT2D eigenvalue weighted by Gasteiger charge is -2.39. The van der Waals surface area contributed by atoms with Crippen LogP contribution in [0.5, 0.6) is 0 Å². The summed E-state index contributed by atoms with van der Waals surface area (Å²) in [7, 11) is 0. The van der Waals surface area contributed by atoms with E-state index >= 15 is 0 Å². The molecule has 0 spiro atoms. The Balaban J connectivity index is 1.97. The van der Waals surface area contributed by atoms with Gasteiger partial charge >= 0.3 is 5.97 Å². The number of nitrogens with one attached hydrogen (secondary N) is 1. The molecule has 4 heteroatoms. The van der Waals surface area contributed by atoms with Crippen LogP contribution in [0.2, 0.25) is 0 Å². The first-order valence-corrected chi connectivity index (χ1v) is 8.73. The highest BCUT2D eigenvalue weighted by Crippen LogP contribution is 2.37. The van der Waals surface area contributed by atoms with Gasteiger partial charge in [0.2, 0.25) is 0 Å². The predicted octanol–water partition coefficient (Wildman–Crippen LogP) is 3.68. The zero-order valence-electron chi connectivity index (χ0n) is 12.8. The predicted molar refractivity (Wildman–Crippen MR) is 88.6 cm³/mol. The normalized spacial score (nSPS) is 26.0. The van der Waals surface area contributed by atoms with Crippen molar-refractivity contribution in [3.8, 4) is 0 Å². The SMILES string of the molecule is CC(C)NC1(C(=O)O)CCCC(SCc2ccccc2)C1. The van der Waals surface area contributed by atoms with Crippen molar-refractivity contribution in [2.75, 3.05) is 0 Å². The Bertz CT molecular complexity index is 463. The van der Waals surface area contributed by atoms with Crippen molar-refractivity contribution in [3.63, 3.8) is 0 Å². The van der Waals surface area contributed by atoms with Crippen molar-refractivity contribution in [1.29, 1.82) is 0 Å². The first-order valence-electron chi connectivity index (χ1n) is 7.68. The fraction of sp³-hybridized carbons (Fsp3) is 0.588. The minimum Gasteiger partial charge on any atom is -0.480 e. The molecule has 2 atom stereocenters. The van der Waals surface area contributed by atoms with Gasteiger partial charge in [0.15, 0.2) is 0 Å². The Morgan fingerprint density at radius 3 is 2.76 bits per heavy atom. The zero-order chi connectivity index (χ0) is 15.3. The minimum absolute atomic E-state index is 0.193. The molecule has 2 N–H and O–H groups in total. The highest BCUT2D eigenvalue weighted by Gasteiger charge is 2.43. The van der Waals surface area contributed by atoms with Crippen molar-refractivity contribution < 1.29 is 9.90 Å². The summed E-state index contributed by atoms with van der Waals surface area (Å²) in [5.41, 5.74) is 0.576. The molecule has 21 heavy (non-hydrogen) atoms. The van der Waals surface area contributed by atoms with E-state index in [0.717, 1.165) is 31.4 Å². The lowest BCUT2D eigenvalue weighted by atomic mass is 9.81. The summed E-state index contributed by atoms with van der Waals surface area (Å²) in [5.74, 6) is 0.268. The molecule has 116 valence electrons. The van der Waals surface area contributed by atoms with Crippen LogP contribution in [0.3, 0.4) is 0 Å². The Hall–Kier alpha value is -1.00. The van der Waals surface area contributed by atoms with E-state index in [4.69, 9.17) is 0 Å². The number of rotatable bonds is 6. The number of carboxylic acid groups (broad SMARTS) is 1. The summed E-state index contributed by atoms with van der Waals surface area (Å²) >= 11 is 1.89. The van der Waals surface area contributed by atoms with Gasteiger partial charge in [0.1, 0.15) is 5.54 Å². The maximum atomic E-state index is 11.8. The second-order valence-corrected chi connectivity index (χ2v) is 7.49. The minimum atomic E-state index is -0.735. The Morgan fingerprint density at radius 2 is 2.14 bits per heavy atom. The second kappa shape index (κ2) is 7.32. The van der Waals surface area contributed by atoms with Gasteiger partial charge in [-0.15, -0.1) is 0 Å². The van der Waals surface area contributed by atoms with E-state index in [1.807, 2.05) is 31.7 Å². The molecule has 1 aliphatic carbocycles. The lowest BCUT2D eigenvalue weighted by Crippen LogP contribution is -2.57. The summed E-state index contributed by atoms with van der Waals surface area (Å²) < 4.78 is 0. The monoisotopic (exact) mass is 307 g/mol. The van der Waals surface area contributed by atoms with E-state index in [-0.39, 0.29) is 6.04 Å². The molecule has 2 unspecified atom stereocenters. The number of hydrogen-bond donors (Lipinski definition) is 2. The van der Waals surface area contributed by atoms with Gasteiger partial charge in [-0.2, -0.15) is 11.8 Å². The van der Waals surface area contributed by atoms with E-state index in [9.17, 15) is 9.90 Å². The molecule has 0 aliphatic heterocycles. The summed E-state index contributed by atoms with van der Waals surface area (Å²) in [6, 6.07) is 10.6. The smallest absolute Gasteiger partial charge is 0.323 e. The standard InChI is InChI=1S/C17H25NO2S/c1-13(2)18-17(16(19)20)10-6-9-15(11-17)21-12-14-7-4-3-5-8-14/h3-5,7-8,13,15,18H,6,9-12H2,1-2H3,(H,19,20). The molecular weight excluding hydrogens is 282 g/mol. The van der Waals surface area contributed by atoms with Crippen LogP contribution in [0.25, 0.3) is 0 Å². The molecule has 0 bridgehead atoms. The van der Waals surface area contributed by atoms with Crippen LogP contribution in [0.15, 0.2) is 30.3 Å². The molecule has 0 aromatic heterocycles. The van der Waals surface area contributed by atoms with Gasteiger partial charge in [0, 0.05) is 17.0 Å². The van der Waals surface area contributed by atoms with Crippen molar-refractivity contribution in [3.05, 3.63) is 35.9 Å². The van der Waals surface area contributed by atoms with Crippen molar-refractivity contribution >= 4 is 17.7 Å². The Labute approximate surface area is 131 Å². The molecule has 1 fully saturated rings. The van der Waals surface area contributed by atoms with Gasteiger partial charge in [0.25, 0.3) is 0 Å². The van der Waals surface area contributed by atoms with Crippen LogP contribution in [0, 0.1) is 0 Å². The summed E-state index contributed by atoms with van der Waals surface area (Å²) in [6.45, 7) is 4.04. The van der Waals surface area contributed by atoms with E-state index in [1.165, 1.54) is 5.56 Å². The van der Waals surface area contributed by atoms with Gasteiger partial charge in [-0.25, -0.2) is 0 Å². The van der Waals surface area contributed by atoms with Crippen LogP contribution >= 0.6 is 11.8 Å². The fourth-order valence-electron chi connectivity index (χ4n) is 3.09. The molecule has 1 aliphatic rings. The molecule has 3 nitrogen and oxygen atoms in total. The maximum absolute atomic E-state index is 11.8. The third-order valence-corrected chi connectivity index (χ3v) is 5.38. The lowest BCUT2D eigenvalue weighted by molar-refractivity contribution is -0.146. The number of aliphatic carboxylic acids is 1. The summed E-state index contributed by atoms with van der Waals surface area (Å²) in [4.78, 5) is 11.8. The molecular formula is C17H25NO2S. The van der Waals surface area contributed by atoms with Gasteiger partial charge in [-0.3, -0.25) is 10.1 Å². The molecule has 0 heterocycles. The third-order valence-electron chi connectivity index (χ3n) is 4.01. The topological polar surface area (TPSA) is 49.3 Å². The molecule has 0 amide bonds. The third kappa shape index (κ3) is 4.48. The van der Waals surface area contributed by atoms with Gasteiger partial charge < -0.3 is 5.11 Å². The quantitative estimate of drug-likeness (QED) is 0.841. The van der Waals surface area contributed by atoms with Gasteiger partial charge in [-0.1, -0.05) is 30.3 Å². The molecule has 1 aromatic carbocycles. The zero-order valence-corrected chi connectivity index (χ0v) is 13.7. The number of carboxylic acids is 1. The summed E-state index contributed by atoms with van der Waals surface area (Å²) in [6.07, 6.45) is 3.56. The molecule has 1 saturated carbocycles. The van der Waals surface area contributed by atoms with E-state index in [0.29, 0.717) is 5.25 Å². The number of thioether (sulfide) groups is 1. The molecule has 0 saturated heterocycles. The van der Waals surface area contributed by atoms with E-state index in [2.05, 4.69) is 29.6 Å². The fourth-order valence-corrected chi connectivity index (χ4v) is 4.45. The first-order chi connectivity index (χ1) is 10.0. The van der Waals surface area contributed by atoms with Crippen LogP contribution in [-0.2, 0) is 10.5 Å². The Morgan fingerprint density at radius 1 is 1.43 bits per heavy atom. The molecule has 2 rings (SSSR count). The summed E-state index contributed by atoms with van der Waals surface area (Å²) in [5, 5.41) is 13.4. The van der Waals surface area contributed by atoms with Crippen LogP contribution in [0.1, 0.15) is 45.1 Å². The molecule has 0 radical (unpaired) electrons. The van der Waals surface area contributed by atoms with Crippen LogP contribution in [-0.4, -0.2) is 27.9 Å². The first kappa shape index (κ1) is 16.4. The molecule has 1 aromatic rings. The van der Waals surface area contributed by atoms with Crippen molar-refractivity contribution in [2.24, 2.45) is 0 Å². The highest BCUT2D eigenvalue weighted by atomic mass is 32.2. The van der Waals surface area contributed by atoms with Crippen LogP contribution in [0.4, 0.5) is 0 Å². The second-order valence-electron chi connectivity index (χ2n) is 6.20. The van der Waals surface area contributed by atoms with E-state index < -0.39 is 11.5 Å². The van der Waals surface area contributed by atoms with Crippen molar-refractivity contribution in [2.45, 2.75) is 62.1 Å². The Kier molecular flexibility index (Phi) is 5.71. The van der Waals surface area contributed by atoms with Gasteiger partial charge in [-0.05, 0) is 45.1 Å². The average Bonchev–Trinajstić information content (AvgIpc) is 2.46. The largest absolute Gasteiger partial charge is 0.480 e. The number of carbonyl (C=O) groups is 1.